The van der Waals surface area contributed by atoms with Crippen molar-refractivity contribution in [2.45, 2.75) is 52.3 Å². The van der Waals surface area contributed by atoms with Gasteiger partial charge in [-0.05, 0) is 29.4 Å². The molecule has 0 bridgehead atoms. The van der Waals surface area contributed by atoms with Crippen LogP contribution in [0.3, 0.4) is 0 Å². The maximum absolute atomic E-state index is 6.53. The van der Waals surface area contributed by atoms with Crippen LogP contribution in [0.5, 0.6) is 0 Å². The van der Waals surface area contributed by atoms with Crippen molar-refractivity contribution in [3.8, 4) is 0 Å². The highest BCUT2D eigenvalue weighted by molar-refractivity contribution is 6.21. The normalized spacial score (nSPS) is 13.8. The third-order valence-corrected chi connectivity index (χ3v) is 4.25. The monoisotopic (exact) mass is 238 g/mol. The number of aryl methyl sites for hydroxylation is 1. The number of alkyl halides is 1. The van der Waals surface area contributed by atoms with Crippen LogP contribution in [0, 0.1) is 5.41 Å². The van der Waals surface area contributed by atoms with Gasteiger partial charge in [-0.2, -0.15) is 0 Å². The minimum atomic E-state index is 0.105. The van der Waals surface area contributed by atoms with Crippen LogP contribution in [0.1, 0.15) is 57.0 Å². The molecule has 0 aliphatic heterocycles. The molecule has 0 nitrogen and oxygen atoms in total. The van der Waals surface area contributed by atoms with E-state index >= 15 is 0 Å². The third kappa shape index (κ3) is 3.25. The van der Waals surface area contributed by atoms with Crippen molar-refractivity contribution in [2.24, 2.45) is 5.41 Å². The van der Waals surface area contributed by atoms with Crippen molar-refractivity contribution in [1.29, 1.82) is 0 Å². The number of benzene rings is 1. The first-order chi connectivity index (χ1) is 7.51. The van der Waals surface area contributed by atoms with Gasteiger partial charge in [0.25, 0.3) is 0 Å². The van der Waals surface area contributed by atoms with Crippen LogP contribution in [-0.4, -0.2) is 0 Å². The lowest BCUT2D eigenvalue weighted by Crippen LogP contribution is -2.16. The molecule has 0 heterocycles. The van der Waals surface area contributed by atoms with E-state index in [2.05, 4.69) is 52.0 Å². The summed E-state index contributed by atoms with van der Waals surface area (Å²) < 4.78 is 0. The highest BCUT2D eigenvalue weighted by Crippen LogP contribution is 2.41. The molecule has 0 aliphatic rings. The molecular weight excluding hydrogens is 216 g/mol. The summed E-state index contributed by atoms with van der Waals surface area (Å²) in [7, 11) is 0. The quantitative estimate of drug-likeness (QED) is 0.607. The molecule has 1 atom stereocenters. The van der Waals surface area contributed by atoms with Crippen molar-refractivity contribution >= 4 is 11.6 Å². The Balaban J connectivity index is 2.81. The van der Waals surface area contributed by atoms with E-state index in [-0.39, 0.29) is 10.8 Å². The molecule has 1 heteroatoms. The lowest BCUT2D eigenvalue weighted by atomic mass is 9.82. The molecule has 0 fully saturated rings. The van der Waals surface area contributed by atoms with Crippen molar-refractivity contribution in [3.63, 3.8) is 0 Å². The van der Waals surface area contributed by atoms with Crippen LogP contribution in [0.25, 0.3) is 0 Å². The van der Waals surface area contributed by atoms with Crippen LogP contribution in [0.15, 0.2) is 24.3 Å². The first kappa shape index (κ1) is 13.6. The highest BCUT2D eigenvalue weighted by atomic mass is 35.5. The second-order valence-electron chi connectivity index (χ2n) is 5.20. The molecule has 1 aromatic carbocycles. The summed E-state index contributed by atoms with van der Waals surface area (Å²) in [4.78, 5) is 0. The Bertz CT molecular complexity index is 311. The summed E-state index contributed by atoms with van der Waals surface area (Å²) >= 11 is 6.53. The van der Waals surface area contributed by atoms with Crippen molar-refractivity contribution in [1.82, 2.24) is 0 Å². The molecule has 1 aromatic rings. The number of hydrogen-bond acceptors (Lipinski definition) is 0. The Labute approximate surface area is 105 Å². The molecule has 0 saturated heterocycles. The fourth-order valence-corrected chi connectivity index (χ4v) is 2.07. The zero-order valence-corrected chi connectivity index (χ0v) is 11.6. The lowest BCUT2D eigenvalue weighted by Gasteiger charge is -2.29. The van der Waals surface area contributed by atoms with E-state index < -0.39 is 0 Å². The standard InChI is InChI=1S/C15H23Cl/c1-5-7-12-8-10-13(11-9-12)14(16)15(3,4)6-2/h8-11,14H,5-7H2,1-4H3. The van der Waals surface area contributed by atoms with Gasteiger partial charge in [-0.15, -0.1) is 11.6 Å². The fraction of sp³-hybridized carbons (Fsp3) is 0.600. The van der Waals surface area contributed by atoms with Crippen LogP contribution in [0.4, 0.5) is 0 Å². The van der Waals surface area contributed by atoms with E-state index in [0.29, 0.717) is 0 Å². The van der Waals surface area contributed by atoms with Gasteiger partial charge in [-0.3, -0.25) is 0 Å². The van der Waals surface area contributed by atoms with E-state index in [1.165, 1.54) is 17.5 Å². The third-order valence-electron chi connectivity index (χ3n) is 3.41. The van der Waals surface area contributed by atoms with E-state index in [4.69, 9.17) is 11.6 Å². The van der Waals surface area contributed by atoms with Gasteiger partial charge in [0.05, 0.1) is 5.38 Å². The molecule has 1 rings (SSSR count). The predicted molar refractivity (Wildman–Crippen MR) is 73.1 cm³/mol. The summed E-state index contributed by atoms with van der Waals surface area (Å²) in [6.07, 6.45) is 3.45. The fourth-order valence-electron chi connectivity index (χ4n) is 1.77. The van der Waals surface area contributed by atoms with Crippen LogP contribution < -0.4 is 0 Å². The van der Waals surface area contributed by atoms with Crippen LogP contribution >= 0.6 is 11.6 Å². The summed E-state index contributed by atoms with van der Waals surface area (Å²) in [5, 5.41) is 0.105. The first-order valence-corrected chi connectivity index (χ1v) is 6.67. The lowest BCUT2D eigenvalue weighted by molar-refractivity contribution is 0.336. The zero-order chi connectivity index (χ0) is 12.2. The molecule has 1 unspecified atom stereocenters. The summed E-state index contributed by atoms with van der Waals surface area (Å²) in [5.74, 6) is 0. The van der Waals surface area contributed by atoms with Gasteiger partial charge in [0.15, 0.2) is 0 Å². The van der Waals surface area contributed by atoms with E-state index in [9.17, 15) is 0 Å². The van der Waals surface area contributed by atoms with E-state index in [1.807, 2.05) is 0 Å². The first-order valence-electron chi connectivity index (χ1n) is 6.24. The maximum atomic E-state index is 6.53. The van der Waals surface area contributed by atoms with Crippen molar-refractivity contribution in [3.05, 3.63) is 35.4 Å². The Morgan fingerprint density at radius 3 is 2.12 bits per heavy atom. The van der Waals surface area contributed by atoms with Crippen molar-refractivity contribution in [2.75, 3.05) is 0 Å². The highest BCUT2D eigenvalue weighted by Gasteiger charge is 2.26. The molecule has 0 aromatic heterocycles. The molecule has 0 N–H and O–H groups in total. The molecule has 16 heavy (non-hydrogen) atoms. The van der Waals surface area contributed by atoms with Gasteiger partial charge < -0.3 is 0 Å². The summed E-state index contributed by atoms with van der Waals surface area (Å²) in [6, 6.07) is 8.78. The maximum Gasteiger partial charge on any atom is 0.0636 e. The summed E-state index contributed by atoms with van der Waals surface area (Å²) in [6.45, 7) is 8.86. The minimum absolute atomic E-state index is 0.105. The Kier molecular flexibility index (Phi) is 4.86. The SMILES string of the molecule is CCCc1ccc(C(Cl)C(C)(C)CC)cc1. The zero-order valence-electron chi connectivity index (χ0n) is 10.9. The van der Waals surface area contributed by atoms with Crippen LogP contribution in [-0.2, 0) is 6.42 Å². The number of halogens is 1. The molecular formula is C15H23Cl. The second-order valence-corrected chi connectivity index (χ2v) is 5.63. The van der Waals surface area contributed by atoms with Crippen LogP contribution in [0.2, 0.25) is 0 Å². The number of rotatable bonds is 5. The molecule has 0 saturated carbocycles. The van der Waals surface area contributed by atoms with Gasteiger partial charge in [-0.1, -0.05) is 58.4 Å². The molecule has 0 radical (unpaired) electrons. The number of hydrogen-bond donors (Lipinski definition) is 0. The largest absolute Gasteiger partial charge is 0.117 e. The average Bonchev–Trinajstić information content (AvgIpc) is 2.29. The predicted octanol–water partition coefficient (Wildman–Crippen LogP) is 5.36. The molecule has 0 spiro atoms. The van der Waals surface area contributed by atoms with Gasteiger partial charge in [-0.25, -0.2) is 0 Å². The van der Waals surface area contributed by atoms with E-state index in [0.717, 1.165) is 12.8 Å². The van der Waals surface area contributed by atoms with Gasteiger partial charge in [0, 0.05) is 0 Å². The van der Waals surface area contributed by atoms with Gasteiger partial charge >= 0.3 is 0 Å². The summed E-state index contributed by atoms with van der Waals surface area (Å²) in [5.41, 5.74) is 2.81. The molecule has 0 aliphatic carbocycles. The van der Waals surface area contributed by atoms with Gasteiger partial charge in [0.2, 0.25) is 0 Å². The molecule has 90 valence electrons. The smallest absolute Gasteiger partial charge is 0.0636 e. The Morgan fingerprint density at radius 2 is 1.69 bits per heavy atom. The Morgan fingerprint density at radius 1 is 1.12 bits per heavy atom. The van der Waals surface area contributed by atoms with Crippen molar-refractivity contribution < 1.29 is 0 Å². The van der Waals surface area contributed by atoms with E-state index in [1.54, 1.807) is 0 Å². The second kappa shape index (κ2) is 5.72. The minimum Gasteiger partial charge on any atom is -0.117 e. The Hall–Kier alpha value is -0.490. The van der Waals surface area contributed by atoms with Gasteiger partial charge in [0.1, 0.15) is 0 Å². The average molecular weight is 239 g/mol. The topological polar surface area (TPSA) is 0 Å². The molecule has 0 amide bonds.